The zero-order chi connectivity index (χ0) is 10.3. The molecule has 2 heterocycles. The Labute approximate surface area is 92.5 Å². The van der Waals surface area contributed by atoms with E-state index in [-0.39, 0.29) is 0 Å². The van der Waals surface area contributed by atoms with Crippen molar-refractivity contribution in [1.29, 1.82) is 5.26 Å². The van der Waals surface area contributed by atoms with E-state index in [1.54, 1.807) is 10.5 Å². The predicted octanol–water partition coefficient (Wildman–Crippen LogP) is 2.85. The Balaban J connectivity index is 2.98. The van der Waals surface area contributed by atoms with Crippen molar-refractivity contribution in [3.8, 4) is 6.07 Å². The number of halogens is 2. The summed E-state index contributed by atoms with van der Waals surface area (Å²) in [7, 11) is 2.42. The lowest BCUT2D eigenvalue weighted by atomic mass is 10.2. The average molecular weight is 244 g/mol. The molecule has 1 unspecified atom stereocenters. The van der Waals surface area contributed by atoms with E-state index < -0.39 is 0 Å². The van der Waals surface area contributed by atoms with Crippen molar-refractivity contribution in [3.63, 3.8) is 0 Å². The number of hydrogen-bond acceptors (Lipinski definition) is 2. The van der Waals surface area contributed by atoms with Gasteiger partial charge in [0.05, 0.1) is 16.0 Å². The number of nitrogens with zero attached hydrogens (tertiary/aromatic N) is 3. The van der Waals surface area contributed by atoms with E-state index in [0.29, 0.717) is 26.8 Å². The summed E-state index contributed by atoms with van der Waals surface area (Å²) in [5, 5.41) is 10.2. The lowest BCUT2D eigenvalue weighted by Gasteiger charge is -1.97. The molecule has 3 nitrogen and oxygen atoms in total. The highest BCUT2D eigenvalue weighted by Gasteiger charge is 2.12. The zero-order valence-corrected chi connectivity index (χ0v) is 9.50. The average Bonchev–Trinajstić information content (AvgIpc) is 2.43. The van der Waals surface area contributed by atoms with Crippen LogP contribution in [-0.2, 0) is 0 Å². The summed E-state index contributed by atoms with van der Waals surface area (Å²) < 4.78 is 1.64. The van der Waals surface area contributed by atoms with E-state index in [9.17, 15) is 0 Å². The predicted molar refractivity (Wildman–Crippen MR) is 59.6 cm³/mol. The van der Waals surface area contributed by atoms with Crippen LogP contribution in [0, 0.1) is 11.3 Å². The van der Waals surface area contributed by atoms with Crippen LogP contribution in [0.4, 0.5) is 0 Å². The van der Waals surface area contributed by atoms with Gasteiger partial charge >= 0.3 is 0 Å². The monoisotopic (exact) mass is 243 g/mol. The van der Waals surface area contributed by atoms with Crippen LogP contribution in [0.15, 0.2) is 12.3 Å². The van der Waals surface area contributed by atoms with E-state index in [4.69, 9.17) is 28.5 Å². The Hall–Kier alpha value is -0.810. The molecule has 0 bridgehead atoms. The molecule has 0 fully saturated rings. The molecule has 0 spiro atoms. The molecule has 0 aliphatic carbocycles. The second kappa shape index (κ2) is 3.40. The Kier molecular flexibility index (Phi) is 2.36. The molecule has 70 valence electrons. The first-order chi connectivity index (χ1) is 6.63. The molecular weight excluding hydrogens is 240 g/mol. The number of rotatable bonds is 0. The number of hydrogen-bond donors (Lipinski definition) is 0. The number of nitriles is 1. The second-order valence-electron chi connectivity index (χ2n) is 2.69. The Morgan fingerprint density at radius 1 is 1.50 bits per heavy atom. The normalized spacial score (nSPS) is 10.4. The summed E-state index contributed by atoms with van der Waals surface area (Å²) in [5.41, 5.74) is 1.08. The zero-order valence-electron chi connectivity index (χ0n) is 6.83. The van der Waals surface area contributed by atoms with E-state index in [1.165, 1.54) is 6.07 Å². The lowest BCUT2D eigenvalue weighted by molar-refractivity contribution is 1.26. The van der Waals surface area contributed by atoms with Crippen molar-refractivity contribution in [1.82, 2.24) is 9.32 Å². The van der Waals surface area contributed by atoms with E-state index >= 15 is 0 Å². The standard InChI is InChI=1S/C8H4Cl2N3P/c9-5-1-6(10)12-8-7(5)4(2-11)3-13(8)14/h1,3H,14H2. The van der Waals surface area contributed by atoms with Crippen molar-refractivity contribution in [2.45, 2.75) is 0 Å². The van der Waals surface area contributed by atoms with Gasteiger partial charge in [-0.1, -0.05) is 23.2 Å². The molecule has 0 aromatic carbocycles. The minimum atomic E-state index is 0.314. The van der Waals surface area contributed by atoms with Gasteiger partial charge in [0.25, 0.3) is 0 Å². The molecule has 0 radical (unpaired) electrons. The third-order valence-electron chi connectivity index (χ3n) is 1.82. The molecule has 0 amide bonds. The third kappa shape index (κ3) is 1.36. The van der Waals surface area contributed by atoms with Gasteiger partial charge in [-0.15, -0.1) is 0 Å². The Morgan fingerprint density at radius 2 is 2.21 bits per heavy atom. The SMILES string of the molecule is N#Cc1cn(P)c2nc(Cl)cc(Cl)c12. The molecule has 14 heavy (non-hydrogen) atoms. The second-order valence-corrected chi connectivity index (χ2v) is 4.04. The highest BCUT2D eigenvalue weighted by atomic mass is 35.5. The van der Waals surface area contributed by atoms with Crippen molar-refractivity contribution >= 4 is 43.6 Å². The number of aromatic nitrogens is 2. The summed E-state index contributed by atoms with van der Waals surface area (Å²) in [6, 6.07) is 3.57. The Morgan fingerprint density at radius 3 is 2.86 bits per heavy atom. The molecule has 0 saturated carbocycles. The topological polar surface area (TPSA) is 41.6 Å². The fourth-order valence-electron chi connectivity index (χ4n) is 1.26. The van der Waals surface area contributed by atoms with Gasteiger partial charge < -0.3 is 4.34 Å². The highest BCUT2D eigenvalue weighted by molar-refractivity contribution is 7.14. The van der Waals surface area contributed by atoms with Crippen LogP contribution in [0.5, 0.6) is 0 Å². The summed E-state index contributed by atoms with van der Waals surface area (Å²) in [6.07, 6.45) is 1.64. The fraction of sp³-hybridized carbons (Fsp3) is 0. The van der Waals surface area contributed by atoms with Crippen LogP contribution in [-0.4, -0.2) is 9.32 Å². The third-order valence-corrected chi connectivity index (χ3v) is 2.71. The van der Waals surface area contributed by atoms with Crippen LogP contribution < -0.4 is 0 Å². The molecule has 2 rings (SSSR count). The minimum Gasteiger partial charge on any atom is -0.316 e. The van der Waals surface area contributed by atoms with E-state index in [1.807, 2.05) is 6.07 Å². The first-order valence-corrected chi connectivity index (χ1v) is 4.93. The first kappa shape index (κ1) is 9.73. The maximum atomic E-state index is 8.85. The molecule has 1 atom stereocenters. The maximum Gasteiger partial charge on any atom is 0.147 e. The largest absolute Gasteiger partial charge is 0.316 e. The van der Waals surface area contributed by atoms with Crippen molar-refractivity contribution in [2.75, 3.05) is 0 Å². The summed E-state index contributed by atoms with van der Waals surface area (Å²) in [6.45, 7) is 0. The summed E-state index contributed by atoms with van der Waals surface area (Å²) in [4.78, 5) is 4.08. The highest BCUT2D eigenvalue weighted by Crippen LogP contribution is 2.30. The van der Waals surface area contributed by atoms with E-state index in [0.717, 1.165) is 0 Å². The van der Waals surface area contributed by atoms with Gasteiger partial charge in [0.15, 0.2) is 0 Å². The van der Waals surface area contributed by atoms with E-state index in [2.05, 4.69) is 14.4 Å². The van der Waals surface area contributed by atoms with Gasteiger partial charge in [-0.05, 0) is 15.5 Å². The van der Waals surface area contributed by atoms with Gasteiger partial charge in [0, 0.05) is 6.20 Å². The quantitative estimate of drug-likeness (QED) is 0.528. The van der Waals surface area contributed by atoms with Crippen LogP contribution >= 0.6 is 32.6 Å². The van der Waals surface area contributed by atoms with Crippen LogP contribution in [0.2, 0.25) is 10.2 Å². The molecule has 6 heteroatoms. The van der Waals surface area contributed by atoms with Crippen molar-refractivity contribution in [2.24, 2.45) is 0 Å². The van der Waals surface area contributed by atoms with Gasteiger partial charge in [-0.25, -0.2) is 4.98 Å². The summed E-state index contributed by atoms with van der Waals surface area (Å²) >= 11 is 11.7. The maximum absolute atomic E-state index is 8.85. The molecule has 2 aromatic heterocycles. The Bertz CT molecular complexity index is 556. The van der Waals surface area contributed by atoms with Gasteiger partial charge in [0.2, 0.25) is 0 Å². The van der Waals surface area contributed by atoms with Crippen LogP contribution in [0.1, 0.15) is 5.56 Å². The first-order valence-electron chi connectivity index (χ1n) is 3.65. The molecule has 2 aromatic rings. The molecule has 0 N–H and O–H groups in total. The number of pyridine rings is 1. The molecule has 0 aliphatic heterocycles. The lowest BCUT2D eigenvalue weighted by Crippen LogP contribution is -1.82. The molecule has 0 saturated heterocycles. The fourth-order valence-corrected chi connectivity index (χ4v) is 2.13. The summed E-state index contributed by atoms with van der Waals surface area (Å²) in [5.74, 6) is 0. The van der Waals surface area contributed by atoms with Gasteiger partial charge in [-0.3, -0.25) is 0 Å². The smallest absolute Gasteiger partial charge is 0.147 e. The molecular formula is C8H4Cl2N3P. The van der Waals surface area contributed by atoms with Crippen molar-refractivity contribution < 1.29 is 0 Å². The number of fused-ring (bicyclic) bond motifs is 1. The van der Waals surface area contributed by atoms with Gasteiger partial charge in [-0.2, -0.15) is 5.26 Å². The van der Waals surface area contributed by atoms with Crippen LogP contribution in [0.25, 0.3) is 11.0 Å². The van der Waals surface area contributed by atoms with Gasteiger partial charge in [0.1, 0.15) is 16.9 Å². The van der Waals surface area contributed by atoms with Crippen molar-refractivity contribution in [3.05, 3.63) is 28.0 Å². The minimum absolute atomic E-state index is 0.314. The van der Waals surface area contributed by atoms with Crippen LogP contribution in [0.3, 0.4) is 0 Å². The molecule has 0 aliphatic rings.